The van der Waals surface area contributed by atoms with E-state index in [2.05, 4.69) is 10.3 Å². The molecule has 0 fully saturated rings. The van der Waals surface area contributed by atoms with E-state index in [9.17, 15) is 9.18 Å². The molecular formula is C16H12Cl2FN3O. The molecule has 3 rings (SSSR count). The van der Waals surface area contributed by atoms with Crippen molar-refractivity contribution in [3.8, 4) is 0 Å². The minimum absolute atomic E-state index is 0.0878. The molecule has 0 aliphatic heterocycles. The number of hydrogen-bond acceptors (Lipinski definition) is 2. The molecule has 0 unspecified atom stereocenters. The van der Waals surface area contributed by atoms with Crippen LogP contribution in [0.5, 0.6) is 0 Å². The Kier molecular flexibility index (Phi) is 4.50. The number of carbonyl (C=O) groups excluding carboxylic acids is 1. The van der Waals surface area contributed by atoms with E-state index in [1.165, 1.54) is 18.2 Å². The second-order valence-corrected chi connectivity index (χ2v) is 5.79. The SMILES string of the molecule is O=C(NCCc1cn2cc(Cl)ccc2n1)c1c(F)cccc1Cl. The minimum atomic E-state index is -0.641. The van der Waals surface area contributed by atoms with Gasteiger partial charge < -0.3 is 9.72 Å². The molecule has 0 saturated carbocycles. The van der Waals surface area contributed by atoms with Crippen molar-refractivity contribution in [2.45, 2.75) is 6.42 Å². The maximum atomic E-state index is 13.7. The molecule has 0 saturated heterocycles. The van der Waals surface area contributed by atoms with E-state index in [-0.39, 0.29) is 10.6 Å². The van der Waals surface area contributed by atoms with Gasteiger partial charge in [-0.2, -0.15) is 0 Å². The smallest absolute Gasteiger partial charge is 0.255 e. The molecule has 0 aliphatic rings. The summed E-state index contributed by atoms with van der Waals surface area (Å²) >= 11 is 11.8. The van der Waals surface area contributed by atoms with Crippen molar-refractivity contribution in [3.63, 3.8) is 0 Å². The summed E-state index contributed by atoms with van der Waals surface area (Å²) in [7, 11) is 0. The lowest BCUT2D eigenvalue weighted by Gasteiger charge is -2.06. The van der Waals surface area contributed by atoms with Crippen LogP contribution >= 0.6 is 23.2 Å². The Morgan fingerprint density at radius 1 is 1.22 bits per heavy atom. The van der Waals surface area contributed by atoms with Gasteiger partial charge in [0.05, 0.1) is 21.3 Å². The Bertz CT molecular complexity index is 859. The Balaban J connectivity index is 1.65. The Morgan fingerprint density at radius 3 is 2.83 bits per heavy atom. The molecule has 0 atom stereocenters. The van der Waals surface area contributed by atoms with Gasteiger partial charge in [-0.1, -0.05) is 29.3 Å². The number of aromatic nitrogens is 2. The molecule has 3 aromatic rings. The lowest BCUT2D eigenvalue weighted by Crippen LogP contribution is -2.27. The number of carbonyl (C=O) groups is 1. The average molecular weight is 352 g/mol. The molecule has 1 amide bonds. The molecule has 2 heterocycles. The standard InChI is InChI=1S/C16H12Cl2FN3O/c17-10-4-5-14-21-11(9-22(14)8-10)6-7-20-16(23)15-12(18)2-1-3-13(15)19/h1-5,8-9H,6-7H2,(H,20,23). The molecular weight excluding hydrogens is 340 g/mol. The van der Waals surface area contributed by atoms with Crippen LogP contribution in [0, 0.1) is 5.82 Å². The number of nitrogens with one attached hydrogen (secondary N) is 1. The first-order valence-electron chi connectivity index (χ1n) is 6.90. The largest absolute Gasteiger partial charge is 0.352 e. The molecule has 0 bridgehead atoms. The molecule has 0 spiro atoms. The van der Waals surface area contributed by atoms with Gasteiger partial charge in [0, 0.05) is 25.4 Å². The summed E-state index contributed by atoms with van der Waals surface area (Å²) in [4.78, 5) is 16.4. The highest BCUT2D eigenvalue weighted by molar-refractivity contribution is 6.33. The van der Waals surface area contributed by atoms with Gasteiger partial charge in [-0.15, -0.1) is 0 Å². The average Bonchev–Trinajstić information content (AvgIpc) is 2.88. The number of hydrogen-bond donors (Lipinski definition) is 1. The lowest BCUT2D eigenvalue weighted by molar-refractivity contribution is 0.0950. The van der Waals surface area contributed by atoms with Gasteiger partial charge in [-0.05, 0) is 24.3 Å². The van der Waals surface area contributed by atoms with Crippen LogP contribution in [0.1, 0.15) is 16.1 Å². The van der Waals surface area contributed by atoms with E-state index in [0.717, 1.165) is 11.3 Å². The van der Waals surface area contributed by atoms with Crippen molar-refractivity contribution < 1.29 is 9.18 Å². The number of halogens is 3. The van der Waals surface area contributed by atoms with Gasteiger partial charge in [-0.3, -0.25) is 4.79 Å². The van der Waals surface area contributed by atoms with Crippen LogP contribution in [-0.4, -0.2) is 21.8 Å². The summed E-state index contributed by atoms with van der Waals surface area (Å²) in [6.07, 6.45) is 4.10. The molecule has 118 valence electrons. The molecule has 1 aromatic carbocycles. The minimum Gasteiger partial charge on any atom is -0.352 e. The fraction of sp³-hybridized carbons (Fsp3) is 0.125. The lowest BCUT2D eigenvalue weighted by atomic mass is 10.2. The maximum Gasteiger partial charge on any atom is 0.255 e. The third-order valence-electron chi connectivity index (χ3n) is 3.32. The number of rotatable bonds is 4. The van der Waals surface area contributed by atoms with Crippen molar-refractivity contribution in [1.82, 2.24) is 14.7 Å². The molecule has 2 aromatic heterocycles. The summed E-state index contributed by atoms with van der Waals surface area (Å²) in [5.41, 5.74) is 1.43. The summed E-state index contributed by atoms with van der Waals surface area (Å²) in [5.74, 6) is -1.18. The fourth-order valence-electron chi connectivity index (χ4n) is 2.24. The van der Waals surface area contributed by atoms with Crippen molar-refractivity contribution in [2.24, 2.45) is 0 Å². The summed E-state index contributed by atoms with van der Waals surface area (Å²) in [6.45, 7) is 0.321. The number of imidazole rings is 1. The van der Waals surface area contributed by atoms with Gasteiger partial charge in [0.25, 0.3) is 5.91 Å². The molecule has 0 radical (unpaired) electrons. The molecule has 7 heteroatoms. The van der Waals surface area contributed by atoms with E-state index in [1.807, 2.05) is 16.7 Å². The third kappa shape index (κ3) is 3.46. The zero-order chi connectivity index (χ0) is 16.4. The predicted molar refractivity (Wildman–Crippen MR) is 87.6 cm³/mol. The zero-order valence-corrected chi connectivity index (χ0v) is 13.4. The molecule has 23 heavy (non-hydrogen) atoms. The van der Waals surface area contributed by atoms with Crippen LogP contribution in [0.25, 0.3) is 5.65 Å². The fourth-order valence-corrected chi connectivity index (χ4v) is 2.66. The van der Waals surface area contributed by atoms with Gasteiger partial charge in [0.2, 0.25) is 0 Å². The van der Waals surface area contributed by atoms with Gasteiger partial charge in [0.15, 0.2) is 0 Å². The highest BCUT2D eigenvalue weighted by atomic mass is 35.5. The first-order chi connectivity index (χ1) is 11.0. The van der Waals surface area contributed by atoms with E-state index in [1.54, 1.807) is 12.3 Å². The molecule has 1 N–H and O–H groups in total. The summed E-state index contributed by atoms with van der Waals surface area (Å²) in [6, 6.07) is 7.70. The Labute approximate surface area is 141 Å². The first-order valence-corrected chi connectivity index (χ1v) is 7.65. The van der Waals surface area contributed by atoms with Crippen LogP contribution in [0.15, 0.2) is 42.7 Å². The highest BCUT2D eigenvalue weighted by Gasteiger charge is 2.15. The van der Waals surface area contributed by atoms with E-state index in [4.69, 9.17) is 23.2 Å². The Morgan fingerprint density at radius 2 is 2.04 bits per heavy atom. The monoisotopic (exact) mass is 351 g/mol. The van der Waals surface area contributed by atoms with Crippen LogP contribution in [0.2, 0.25) is 10.0 Å². The number of pyridine rings is 1. The van der Waals surface area contributed by atoms with E-state index >= 15 is 0 Å². The Hall–Kier alpha value is -2.11. The second-order valence-electron chi connectivity index (χ2n) is 4.95. The van der Waals surface area contributed by atoms with Crippen molar-refractivity contribution in [1.29, 1.82) is 0 Å². The van der Waals surface area contributed by atoms with Crippen molar-refractivity contribution in [2.75, 3.05) is 6.54 Å². The summed E-state index contributed by atoms with van der Waals surface area (Å²) in [5, 5.41) is 3.35. The van der Waals surface area contributed by atoms with Crippen LogP contribution in [0.4, 0.5) is 4.39 Å². The number of fused-ring (bicyclic) bond motifs is 1. The van der Waals surface area contributed by atoms with E-state index in [0.29, 0.717) is 18.0 Å². The maximum absolute atomic E-state index is 13.7. The van der Waals surface area contributed by atoms with Crippen LogP contribution in [0.3, 0.4) is 0 Å². The molecule has 0 aliphatic carbocycles. The normalized spacial score (nSPS) is 10.9. The second kappa shape index (κ2) is 6.56. The van der Waals surface area contributed by atoms with E-state index < -0.39 is 11.7 Å². The number of amides is 1. The topological polar surface area (TPSA) is 46.4 Å². The van der Waals surface area contributed by atoms with Gasteiger partial charge in [-0.25, -0.2) is 9.37 Å². The third-order valence-corrected chi connectivity index (χ3v) is 3.86. The predicted octanol–water partition coefficient (Wildman–Crippen LogP) is 3.75. The highest BCUT2D eigenvalue weighted by Crippen LogP contribution is 2.18. The van der Waals surface area contributed by atoms with Gasteiger partial charge in [0.1, 0.15) is 11.5 Å². The van der Waals surface area contributed by atoms with Gasteiger partial charge >= 0.3 is 0 Å². The van der Waals surface area contributed by atoms with Crippen molar-refractivity contribution >= 4 is 34.8 Å². The van der Waals surface area contributed by atoms with Crippen LogP contribution in [-0.2, 0) is 6.42 Å². The first kappa shape index (κ1) is 15.8. The van der Waals surface area contributed by atoms with Crippen LogP contribution < -0.4 is 5.32 Å². The molecule has 4 nitrogen and oxygen atoms in total. The zero-order valence-electron chi connectivity index (χ0n) is 11.9. The number of benzene rings is 1. The summed E-state index contributed by atoms with van der Waals surface area (Å²) < 4.78 is 15.5. The quantitative estimate of drug-likeness (QED) is 0.777. The van der Waals surface area contributed by atoms with Crippen molar-refractivity contribution in [3.05, 3.63) is 69.8 Å². The number of nitrogens with zero attached hydrogens (tertiary/aromatic N) is 2.